The Labute approximate surface area is 121 Å². The van der Waals surface area contributed by atoms with Crippen LogP contribution >= 0.6 is 0 Å². The first kappa shape index (κ1) is 16.7. The van der Waals surface area contributed by atoms with Gasteiger partial charge in [0.1, 0.15) is 0 Å². The predicted octanol–water partition coefficient (Wildman–Crippen LogP) is 2.75. The first-order valence-electron chi connectivity index (χ1n) is 6.67. The van der Waals surface area contributed by atoms with Crippen LogP contribution in [0.4, 0.5) is 0 Å². The third-order valence-electron chi connectivity index (χ3n) is 3.15. The fraction of sp³-hybridized carbons (Fsp3) is 0.533. The lowest BCUT2D eigenvalue weighted by atomic mass is 10.2. The fourth-order valence-corrected chi connectivity index (χ4v) is 3.02. The molecule has 0 amide bonds. The smallest absolute Gasteiger partial charge is 0.327 e. The summed E-state index contributed by atoms with van der Waals surface area (Å²) in [5.41, 5.74) is 1.05. The molecule has 0 aliphatic heterocycles. The van der Waals surface area contributed by atoms with Gasteiger partial charge in [0.15, 0.2) is 14.6 Å². The first-order valence-corrected chi connectivity index (χ1v) is 8.16. The van der Waals surface area contributed by atoms with Gasteiger partial charge >= 0.3 is 5.97 Å². The van der Waals surface area contributed by atoms with Crippen molar-refractivity contribution >= 4 is 15.8 Å². The minimum absolute atomic E-state index is 0.139. The van der Waals surface area contributed by atoms with Crippen molar-refractivity contribution in [2.75, 3.05) is 0 Å². The number of hydrogen-bond acceptors (Lipinski definition) is 4. The SMILES string of the molecule is CCc1ccc(S(=O)(=O)C(C)(C)C(=O)OC(C)C)cc1. The van der Waals surface area contributed by atoms with E-state index in [0.29, 0.717) is 0 Å². The number of benzene rings is 1. The van der Waals surface area contributed by atoms with Crippen LogP contribution in [0, 0.1) is 0 Å². The number of sulfone groups is 1. The maximum Gasteiger partial charge on any atom is 0.327 e. The molecular weight excluding hydrogens is 276 g/mol. The van der Waals surface area contributed by atoms with E-state index >= 15 is 0 Å². The number of ether oxygens (including phenoxy) is 1. The molecule has 1 rings (SSSR count). The van der Waals surface area contributed by atoms with E-state index in [4.69, 9.17) is 4.74 Å². The highest BCUT2D eigenvalue weighted by molar-refractivity contribution is 7.93. The van der Waals surface area contributed by atoms with Gasteiger partial charge in [-0.3, -0.25) is 4.79 Å². The zero-order valence-corrected chi connectivity index (χ0v) is 13.5. The Morgan fingerprint density at radius 1 is 1.20 bits per heavy atom. The lowest BCUT2D eigenvalue weighted by molar-refractivity contribution is -0.149. The largest absolute Gasteiger partial charge is 0.462 e. The van der Waals surface area contributed by atoms with Crippen molar-refractivity contribution in [2.24, 2.45) is 0 Å². The molecule has 5 heteroatoms. The standard InChI is InChI=1S/C15H22O4S/c1-6-12-7-9-13(10-8-12)20(17,18)15(4,5)14(16)19-11(2)3/h7-11H,6H2,1-5H3. The van der Waals surface area contributed by atoms with E-state index in [1.165, 1.54) is 13.8 Å². The molecule has 0 saturated carbocycles. The van der Waals surface area contributed by atoms with Crippen molar-refractivity contribution in [3.8, 4) is 0 Å². The Morgan fingerprint density at radius 3 is 2.10 bits per heavy atom. The van der Waals surface area contributed by atoms with E-state index in [2.05, 4.69) is 0 Å². The molecule has 20 heavy (non-hydrogen) atoms. The van der Waals surface area contributed by atoms with Gasteiger partial charge in [-0.15, -0.1) is 0 Å². The van der Waals surface area contributed by atoms with Crippen LogP contribution in [0.3, 0.4) is 0 Å². The fourth-order valence-electron chi connectivity index (χ4n) is 1.66. The number of carbonyl (C=O) groups is 1. The monoisotopic (exact) mass is 298 g/mol. The summed E-state index contributed by atoms with van der Waals surface area (Å²) in [6, 6.07) is 6.60. The number of aryl methyl sites for hydroxylation is 1. The second-order valence-corrected chi connectivity index (χ2v) is 7.96. The van der Waals surface area contributed by atoms with Crippen LogP contribution in [-0.2, 0) is 25.8 Å². The summed E-state index contributed by atoms with van der Waals surface area (Å²) < 4.78 is 28.6. The lowest BCUT2D eigenvalue weighted by Crippen LogP contribution is -2.42. The third kappa shape index (κ3) is 3.20. The Balaban J connectivity index is 3.16. The highest BCUT2D eigenvalue weighted by Crippen LogP contribution is 2.27. The van der Waals surface area contributed by atoms with Gasteiger partial charge in [-0.25, -0.2) is 8.42 Å². The predicted molar refractivity (Wildman–Crippen MR) is 78.3 cm³/mol. The van der Waals surface area contributed by atoms with E-state index in [-0.39, 0.29) is 11.0 Å². The van der Waals surface area contributed by atoms with Crippen molar-refractivity contribution in [3.63, 3.8) is 0 Å². The van der Waals surface area contributed by atoms with Crippen molar-refractivity contribution in [2.45, 2.75) is 56.8 Å². The molecule has 0 N–H and O–H groups in total. The average Bonchev–Trinajstić information content (AvgIpc) is 2.37. The van der Waals surface area contributed by atoms with Gasteiger partial charge < -0.3 is 4.74 Å². The van der Waals surface area contributed by atoms with Crippen LogP contribution in [0.1, 0.15) is 40.2 Å². The molecule has 4 nitrogen and oxygen atoms in total. The maximum absolute atomic E-state index is 12.6. The van der Waals surface area contributed by atoms with E-state index in [1.54, 1.807) is 38.1 Å². The number of esters is 1. The minimum Gasteiger partial charge on any atom is -0.462 e. The zero-order valence-electron chi connectivity index (χ0n) is 12.6. The molecule has 0 aliphatic rings. The second-order valence-electron chi connectivity index (χ2n) is 5.47. The molecule has 1 aromatic carbocycles. The highest BCUT2D eigenvalue weighted by atomic mass is 32.2. The van der Waals surface area contributed by atoms with Crippen LogP contribution in [0.2, 0.25) is 0 Å². The van der Waals surface area contributed by atoms with Crippen LogP contribution in [0.25, 0.3) is 0 Å². The molecule has 0 heterocycles. The molecule has 0 atom stereocenters. The van der Waals surface area contributed by atoms with Crippen LogP contribution in [0.15, 0.2) is 29.2 Å². The third-order valence-corrected chi connectivity index (χ3v) is 5.55. The zero-order chi connectivity index (χ0) is 15.6. The molecule has 0 aliphatic carbocycles. The van der Waals surface area contributed by atoms with E-state index in [0.717, 1.165) is 12.0 Å². The Kier molecular flexibility index (Phi) is 4.97. The van der Waals surface area contributed by atoms with Crippen LogP contribution in [-0.4, -0.2) is 25.2 Å². The van der Waals surface area contributed by atoms with Crippen molar-refractivity contribution < 1.29 is 17.9 Å². The minimum atomic E-state index is -3.78. The molecule has 0 aromatic heterocycles. The summed E-state index contributed by atoms with van der Waals surface area (Å²) >= 11 is 0. The lowest BCUT2D eigenvalue weighted by Gasteiger charge is -2.24. The first-order chi connectivity index (χ1) is 9.12. The van der Waals surface area contributed by atoms with Gasteiger partial charge in [0.25, 0.3) is 0 Å². The Morgan fingerprint density at radius 2 is 1.70 bits per heavy atom. The van der Waals surface area contributed by atoms with Gasteiger partial charge in [0.2, 0.25) is 0 Å². The van der Waals surface area contributed by atoms with Crippen LogP contribution in [0.5, 0.6) is 0 Å². The second kappa shape index (κ2) is 5.95. The van der Waals surface area contributed by atoms with Gasteiger partial charge in [0.05, 0.1) is 11.0 Å². The van der Waals surface area contributed by atoms with Gasteiger partial charge in [-0.05, 0) is 51.8 Å². The molecule has 0 bridgehead atoms. The Bertz CT molecular complexity index is 568. The van der Waals surface area contributed by atoms with E-state index < -0.39 is 20.6 Å². The van der Waals surface area contributed by atoms with Crippen molar-refractivity contribution in [3.05, 3.63) is 29.8 Å². The molecule has 0 unspecified atom stereocenters. The molecule has 0 fully saturated rings. The quantitative estimate of drug-likeness (QED) is 0.784. The summed E-state index contributed by atoms with van der Waals surface area (Å²) in [6.07, 6.45) is 0.485. The number of rotatable bonds is 5. The molecular formula is C15H22O4S. The number of carbonyl (C=O) groups excluding carboxylic acids is 1. The summed E-state index contributed by atoms with van der Waals surface area (Å²) in [6.45, 7) is 8.13. The Hall–Kier alpha value is -1.36. The highest BCUT2D eigenvalue weighted by Gasteiger charge is 2.44. The molecule has 112 valence electrons. The van der Waals surface area contributed by atoms with Crippen LogP contribution < -0.4 is 0 Å². The maximum atomic E-state index is 12.6. The number of hydrogen-bond donors (Lipinski definition) is 0. The molecule has 1 aromatic rings. The van der Waals surface area contributed by atoms with E-state index in [9.17, 15) is 13.2 Å². The van der Waals surface area contributed by atoms with Gasteiger partial charge in [-0.2, -0.15) is 0 Å². The van der Waals surface area contributed by atoms with Gasteiger partial charge in [0, 0.05) is 0 Å². The molecule has 0 radical (unpaired) electrons. The molecule has 0 saturated heterocycles. The molecule has 0 spiro atoms. The summed E-state index contributed by atoms with van der Waals surface area (Å²) in [5, 5.41) is 0. The van der Waals surface area contributed by atoms with Crippen molar-refractivity contribution in [1.82, 2.24) is 0 Å². The van der Waals surface area contributed by atoms with E-state index in [1.807, 2.05) is 6.92 Å². The topological polar surface area (TPSA) is 60.4 Å². The summed E-state index contributed by atoms with van der Waals surface area (Å²) in [5.74, 6) is -0.730. The summed E-state index contributed by atoms with van der Waals surface area (Å²) in [4.78, 5) is 12.2. The normalized spacial score (nSPS) is 12.5. The van der Waals surface area contributed by atoms with Gasteiger partial charge in [-0.1, -0.05) is 19.1 Å². The van der Waals surface area contributed by atoms with Crippen molar-refractivity contribution in [1.29, 1.82) is 0 Å². The summed E-state index contributed by atoms with van der Waals surface area (Å²) in [7, 11) is -3.78. The average molecular weight is 298 g/mol.